The van der Waals surface area contributed by atoms with Crippen molar-refractivity contribution in [3.63, 3.8) is 0 Å². The summed E-state index contributed by atoms with van der Waals surface area (Å²) in [4.78, 5) is 22.4. The van der Waals surface area contributed by atoms with Gasteiger partial charge in [-0.05, 0) is 12.8 Å². The van der Waals surface area contributed by atoms with E-state index in [1.165, 1.54) is 0 Å². The van der Waals surface area contributed by atoms with Crippen LogP contribution in [-0.4, -0.2) is 30.9 Å². The Kier molecular flexibility index (Phi) is 4.55. The van der Waals surface area contributed by atoms with Crippen LogP contribution in [0.5, 0.6) is 0 Å². The van der Waals surface area contributed by atoms with E-state index in [4.69, 9.17) is 5.73 Å². The molecule has 0 aliphatic heterocycles. The monoisotopic (exact) mass is 213 g/mol. The van der Waals surface area contributed by atoms with E-state index in [9.17, 15) is 9.59 Å². The summed E-state index contributed by atoms with van der Waals surface area (Å²) in [7, 11) is 0. The Balaban J connectivity index is 2.00. The van der Waals surface area contributed by atoms with Gasteiger partial charge < -0.3 is 16.4 Å². The molecule has 2 atom stereocenters. The molecule has 0 radical (unpaired) electrons. The standard InChI is InChI=1S/C10H19N3O2/c1-2-4-12-9(14)3-5-13-10(15)7-6-8(7)11/h7-8H,2-6,11H2,1H3,(H,12,14)(H,13,15). The van der Waals surface area contributed by atoms with E-state index in [0.29, 0.717) is 19.5 Å². The first-order valence-corrected chi connectivity index (χ1v) is 5.45. The summed E-state index contributed by atoms with van der Waals surface area (Å²) in [6.07, 6.45) is 2.04. The van der Waals surface area contributed by atoms with Crippen molar-refractivity contribution >= 4 is 11.8 Å². The fourth-order valence-corrected chi connectivity index (χ4v) is 1.30. The van der Waals surface area contributed by atoms with Crippen molar-refractivity contribution in [2.45, 2.75) is 32.2 Å². The molecule has 1 rings (SSSR count). The number of nitrogens with one attached hydrogen (secondary N) is 2. The third-order valence-corrected chi connectivity index (χ3v) is 2.40. The van der Waals surface area contributed by atoms with Crippen LogP contribution in [-0.2, 0) is 9.59 Å². The number of carbonyl (C=O) groups excluding carboxylic acids is 2. The molecule has 0 heterocycles. The van der Waals surface area contributed by atoms with Crippen LogP contribution in [0.25, 0.3) is 0 Å². The van der Waals surface area contributed by atoms with Crippen molar-refractivity contribution in [3.8, 4) is 0 Å². The zero-order chi connectivity index (χ0) is 11.3. The zero-order valence-electron chi connectivity index (χ0n) is 9.08. The minimum Gasteiger partial charge on any atom is -0.356 e. The first-order valence-electron chi connectivity index (χ1n) is 5.45. The van der Waals surface area contributed by atoms with Crippen LogP contribution in [0.3, 0.4) is 0 Å². The Morgan fingerprint density at radius 2 is 2.00 bits per heavy atom. The third kappa shape index (κ3) is 4.29. The highest BCUT2D eigenvalue weighted by Crippen LogP contribution is 2.27. The molecule has 0 aromatic heterocycles. The largest absolute Gasteiger partial charge is 0.356 e. The normalized spacial score (nSPS) is 23.3. The second-order valence-electron chi connectivity index (χ2n) is 3.90. The molecule has 15 heavy (non-hydrogen) atoms. The van der Waals surface area contributed by atoms with Gasteiger partial charge in [0.05, 0.1) is 5.92 Å². The van der Waals surface area contributed by atoms with Gasteiger partial charge in [-0.15, -0.1) is 0 Å². The molecule has 86 valence electrons. The topological polar surface area (TPSA) is 84.2 Å². The van der Waals surface area contributed by atoms with Crippen LogP contribution >= 0.6 is 0 Å². The van der Waals surface area contributed by atoms with E-state index in [1.807, 2.05) is 6.92 Å². The molecule has 1 aliphatic rings. The van der Waals surface area contributed by atoms with Gasteiger partial charge in [0.15, 0.2) is 0 Å². The van der Waals surface area contributed by atoms with Gasteiger partial charge >= 0.3 is 0 Å². The molecule has 0 spiro atoms. The summed E-state index contributed by atoms with van der Waals surface area (Å²) < 4.78 is 0. The Morgan fingerprint density at radius 1 is 1.33 bits per heavy atom. The number of rotatable bonds is 6. The van der Waals surface area contributed by atoms with Crippen molar-refractivity contribution in [3.05, 3.63) is 0 Å². The lowest BCUT2D eigenvalue weighted by Crippen LogP contribution is -2.32. The van der Waals surface area contributed by atoms with Crippen LogP contribution in [0.4, 0.5) is 0 Å². The summed E-state index contributed by atoms with van der Waals surface area (Å²) in [5, 5.41) is 5.45. The number of nitrogens with two attached hydrogens (primary N) is 1. The lowest BCUT2D eigenvalue weighted by atomic mass is 10.3. The van der Waals surface area contributed by atoms with E-state index in [2.05, 4.69) is 10.6 Å². The van der Waals surface area contributed by atoms with E-state index >= 15 is 0 Å². The fraction of sp³-hybridized carbons (Fsp3) is 0.800. The van der Waals surface area contributed by atoms with Gasteiger partial charge in [0.2, 0.25) is 11.8 Å². The van der Waals surface area contributed by atoms with Gasteiger partial charge in [-0.25, -0.2) is 0 Å². The summed E-state index contributed by atoms with van der Waals surface area (Å²) in [5.41, 5.74) is 5.52. The first kappa shape index (κ1) is 12.0. The maximum absolute atomic E-state index is 11.3. The molecule has 1 saturated carbocycles. The van der Waals surface area contributed by atoms with Crippen LogP contribution in [0.15, 0.2) is 0 Å². The molecule has 4 N–H and O–H groups in total. The van der Waals surface area contributed by atoms with Crippen LogP contribution < -0.4 is 16.4 Å². The van der Waals surface area contributed by atoms with Gasteiger partial charge in [-0.3, -0.25) is 9.59 Å². The Labute approximate surface area is 89.8 Å². The molecule has 0 aromatic rings. The lowest BCUT2D eigenvalue weighted by Gasteiger charge is -2.05. The number of hydrogen-bond donors (Lipinski definition) is 3. The molecule has 0 aromatic carbocycles. The van der Waals surface area contributed by atoms with E-state index in [-0.39, 0.29) is 23.8 Å². The van der Waals surface area contributed by atoms with E-state index in [1.54, 1.807) is 0 Å². The van der Waals surface area contributed by atoms with E-state index < -0.39 is 0 Å². The van der Waals surface area contributed by atoms with Crippen molar-refractivity contribution in [1.29, 1.82) is 0 Å². The zero-order valence-corrected chi connectivity index (χ0v) is 9.08. The number of amides is 2. The average molecular weight is 213 g/mol. The molecule has 1 aliphatic carbocycles. The molecular formula is C10H19N3O2. The van der Waals surface area contributed by atoms with E-state index in [0.717, 1.165) is 12.8 Å². The summed E-state index contributed by atoms with van der Waals surface area (Å²) in [5.74, 6) is -0.0632. The third-order valence-electron chi connectivity index (χ3n) is 2.40. The van der Waals surface area contributed by atoms with Crippen molar-refractivity contribution < 1.29 is 9.59 Å². The molecule has 2 amide bonds. The van der Waals surface area contributed by atoms with Crippen molar-refractivity contribution in [2.75, 3.05) is 13.1 Å². The van der Waals surface area contributed by atoms with Gasteiger partial charge in [0.25, 0.3) is 0 Å². The molecule has 0 bridgehead atoms. The molecule has 0 saturated heterocycles. The summed E-state index contributed by atoms with van der Waals surface area (Å²) in [6, 6.07) is 0.0268. The highest BCUT2D eigenvalue weighted by atomic mass is 16.2. The highest BCUT2D eigenvalue weighted by Gasteiger charge is 2.39. The second-order valence-corrected chi connectivity index (χ2v) is 3.90. The summed E-state index contributed by atoms with van der Waals surface area (Å²) in [6.45, 7) is 3.09. The summed E-state index contributed by atoms with van der Waals surface area (Å²) >= 11 is 0. The highest BCUT2D eigenvalue weighted by molar-refractivity contribution is 5.83. The Bertz CT molecular complexity index is 243. The minimum absolute atomic E-state index is 0.0164. The smallest absolute Gasteiger partial charge is 0.224 e. The SMILES string of the molecule is CCCNC(=O)CCNC(=O)C1CC1N. The van der Waals surface area contributed by atoms with Gasteiger partial charge in [-0.1, -0.05) is 6.92 Å². The second kappa shape index (κ2) is 5.70. The molecule has 5 nitrogen and oxygen atoms in total. The van der Waals surface area contributed by atoms with Crippen molar-refractivity contribution in [1.82, 2.24) is 10.6 Å². The molecular weight excluding hydrogens is 194 g/mol. The quantitative estimate of drug-likeness (QED) is 0.549. The number of hydrogen-bond acceptors (Lipinski definition) is 3. The molecule has 5 heteroatoms. The predicted octanol–water partition coefficient (Wildman–Crippen LogP) is -0.634. The molecule has 2 unspecified atom stereocenters. The average Bonchev–Trinajstić information content (AvgIpc) is 2.92. The van der Waals surface area contributed by atoms with Gasteiger partial charge in [0, 0.05) is 25.6 Å². The predicted molar refractivity (Wildman–Crippen MR) is 57.0 cm³/mol. The number of carbonyl (C=O) groups is 2. The van der Waals surface area contributed by atoms with Crippen LogP contribution in [0.1, 0.15) is 26.2 Å². The minimum atomic E-state index is -0.0243. The first-order chi connectivity index (χ1) is 7.15. The maximum Gasteiger partial charge on any atom is 0.224 e. The Hall–Kier alpha value is -1.10. The maximum atomic E-state index is 11.3. The van der Waals surface area contributed by atoms with Gasteiger partial charge in [-0.2, -0.15) is 0 Å². The van der Waals surface area contributed by atoms with Crippen LogP contribution in [0, 0.1) is 5.92 Å². The van der Waals surface area contributed by atoms with Gasteiger partial charge in [0.1, 0.15) is 0 Å². The van der Waals surface area contributed by atoms with Crippen LogP contribution in [0.2, 0.25) is 0 Å². The van der Waals surface area contributed by atoms with Crippen molar-refractivity contribution in [2.24, 2.45) is 11.7 Å². The lowest BCUT2D eigenvalue weighted by molar-refractivity contribution is -0.123. The molecule has 1 fully saturated rings. The fourth-order valence-electron chi connectivity index (χ4n) is 1.30. The Morgan fingerprint density at radius 3 is 2.53 bits per heavy atom.